The lowest BCUT2D eigenvalue weighted by Crippen LogP contribution is -2.42. The Kier molecular flexibility index (Phi) is 4.11. The molecule has 0 radical (unpaired) electrons. The number of aryl methyl sites for hydroxylation is 1. The van der Waals surface area contributed by atoms with Gasteiger partial charge >= 0.3 is 5.69 Å². The first-order valence-corrected chi connectivity index (χ1v) is 9.04. The van der Waals surface area contributed by atoms with E-state index in [-0.39, 0.29) is 28.6 Å². The first-order valence-electron chi connectivity index (χ1n) is 8.24. The van der Waals surface area contributed by atoms with Crippen LogP contribution in [0.25, 0.3) is 11.0 Å². The number of rotatable bonds is 1. The van der Waals surface area contributed by atoms with Gasteiger partial charge in [-0.25, -0.2) is 9.78 Å². The van der Waals surface area contributed by atoms with Crippen molar-refractivity contribution in [2.45, 2.75) is 20.0 Å². The molecule has 3 heterocycles. The third kappa shape index (κ3) is 3.03. The van der Waals surface area contributed by atoms with Crippen LogP contribution in [0, 0.1) is 6.92 Å². The standard InChI is InChI=1S/C18H15BrN4O4/c1-8-3-14-13(5-12(8)19)23(7-9(2)27-14)17(25)10-4-11-15(20-6-10)21-18(26)22-16(11)24/h3-6,9H,7H2,1-2H3,(H2,20,21,22,24,26)/t9-/m1/s1. The summed E-state index contributed by atoms with van der Waals surface area (Å²) in [6.07, 6.45) is 1.17. The van der Waals surface area contributed by atoms with Gasteiger partial charge in [0, 0.05) is 10.7 Å². The van der Waals surface area contributed by atoms with Gasteiger partial charge < -0.3 is 9.64 Å². The molecule has 1 aromatic carbocycles. The summed E-state index contributed by atoms with van der Waals surface area (Å²) in [6.45, 7) is 4.19. The molecule has 2 aromatic heterocycles. The van der Waals surface area contributed by atoms with Crippen LogP contribution in [0.15, 0.2) is 38.5 Å². The van der Waals surface area contributed by atoms with Crippen molar-refractivity contribution in [1.29, 1.82) is 0 Å². The average molecular weight is 431 g/mol. The molecule has 0 saturated heterocycles. The first-order chi connectivity index (χ1) is 12.8. The van der Waals surface area contributed by atoms with Crippen LogP contribution >= 0.6 is 15.9 Å². The molecule has 0 unspecified atom stereocenters. The van der Waals surface area contributed by atoms with E-state index in [0.29, 0.717) is 18.0 Å². The Balaban J connectivity index is 1.82. The summed E-state index contributed by atoms with van der Waals surface area (Å²) in [4.78, 5) is 46.8. The van der Waals surface area contributed by atoms with E-state index in [1.54, 1.807) is 4.90 Å². The second kappa shape index (κ2) is 6.34. The van der Waals surface area contributed by atoms with Gasteiger partial charge in [-0.2, -0.15) is 0 Å². The number of nitrogens with one attached hydrogen (secondary N) is 2. The molecule has 0 saturated carbocycles. The topological polar surface area (TPSA) is 108 Å². The van der Waals surface area contributed by atoms with Crippen molar-refractivity contribution in [1.82, 2.24) is 15.0 Å². The van der Waals surface area contributed by atoms with Crippen molar-refractivity contribution in [3.63, 3.8) is 0 Å². The number of pyridine rings is 1. The van der Waals surface area contributed by atoms with Crippen LogP contribution in [0.2, 0.25) is 0 Å². The van der Waals surface area contributed by atoms with E-state index in [1.807, 2.05) is 26.0 Å². The minimum atomic E-state index is -0.643. The number of aromatic amines is 2. The molecule has 27 heavy (non-hydrogen) atoms. The zero-order valence-corrected chi connectivity index (χ0v) is 16.1. The second-order valence-electron chi connectivity index (χ2n) is 6.44. The molecular formula is C18H15BrN4O4. The predicted octanol–water partition coefficient (Wildman–Crippen LogP) is 2.11. The van der Waals surface area contributed by atoms with Gasteiger partial charge in [-0.05, 0) is 37.6 Å². The SMILES string of the molecule is Cc1cc2c(cc1Br)N(C(=O)c1cnc3[nH]c(=O)[nH]c(=O)c3c1)C[C@@H](C)O2. The van der Waals surface area contributed by atoms with E-state index in [9.17, 15) is 14.4 Å². The maximum Gasteiger partial charge on any atom is 0.327 e. The maximum absolute atomic E-state index is 13.2. The summed E-state index contributed by atoms with van der Waals surface area (Å²) in [5.41, 5.74) is 0.788. The fourth-order valence-electron chi connectivity index (χ4n) is 3.07. The Bertz CT molecular complexity index is 1200. The van der Waals surface area contributed by atoms with Crippen molar-refractivity contribution >= 4 is 38.6 Å². The Morgan fingerprint density at radius 1 is 1.30 bits per heavy atom. The number of carbonyl (C=O) groups is 1. The highest BCUT2D eigenvalue weighted by atomic mass is 79.9. The highest BCUT2D eigenvalue weighted by Crippen LogP contribution is 2.38. The molecule has 1 aliphatic heterocycles. The van der Waals surface area contributed by atoms with Gasteiger partial charge in [0.05, 0.1) is 23.2 Å². The van der Waals surface area contributed by atoms with E-state index in [4.69, 9.17) is 4.74 Å². The molecule has 1 atom stereocenters. The van der Waals surface area contributed by atoms with Gasteiger partial charge in [0.25, 0.3) is 11.5 Å². The van der Waals surface area contributed by atoms with Crippen molar-refractivity contribution < 1.29 is 9.53 Å². The maximum atomic E-state index is 13.2. The fourth-order valence-corrected chi connectivity index (χ4v) is 3.40. The highest BCUT2D eigenvalue weighted by molar-refractivity contribution is 9.10. The number of anilines is 1. The monoisotopic (exact) mass is 430 g/mol. The summed E-state index contributed by atoms with van der Waals surface area (Å²) >= 11 is 3.49. The minimum Gasteiger partial charge on any atom is -0.487 e. The molecular weight excluding hydrogens is 416 g/mol. The van der Waals surface area contributed by atoms with E-state index >= 15 is 0 Å². The Morgan fingerprint density at radius 3 is 2.85 bits per heavy atom. The number of amides is 1. The van der Waals surface area contributed by atoms with Crippen LogP contribution in [0.4, 0.5) is 5.69 Å². The van der Waals surface area contributed by atoms with Crippen LogP contribution < -0.4 is 20.9 Å². The third-order valence-electron chi connectivity index (χ3n) is 4.38. The Morgan fingerprint density at radius 2 is 2.07 bits per heavy atom. The predicted molar refractivity (Wildman–Crippen MR) is 104 cm³/mol. The van der Waals surface area contributed by atoms with Gasteiger partial charge in [-0.1, -0.05) is 15.9 Å². The summed E-state index contributed by atoms with van der Waals surface area (Å²) < 4.78 is 6.73. The van der Waals surface area contributed by atoms with E-state index in [1.165, 1.54) is 12.3 Å². The van der Waals surface area contributed by atoms with Crippen LogP contribution in [-0.4, -0.2) is 33.5 Å². The van der Waals surface area contributed by atoms with E-state index in [2.05, 4.69) is 30.9 Å². The molecule has 9 heteroatoms. The largest absolute Gasteiger partial charge is 0.487 e. The number of hydrogen-bond acceptors (Lipinski definition) is 5. The molecule has 1 amide bonds. The van der Waals surface area contributed by atoms with Crippen LogP contribution in [0.1, 0.15) is 22.8 Å². The number of nitrogens with zero attached hydrogens (tertiary/aromatic N) is 2. The number of fused-ring (bicyclic) bond motifs is 2. The smallest absolute Gasteiger partial charge is 0.327 e. The number of aromatic nitrogens is 3. The second-order valence-corrected chi connectivity index (χ2v) is 7.30. The molecule has 0 aliphatic carbocycles. The first kappa shape index (κ1) is 17.5. The van der Waals surface area contributed by atoms with Gasteiger partial charge in [0.2, 0.25) is 0 Å². The molecule has 2 N–H and O–H groups in total. The van der Waals surface area contributed by atoms with Gasteiger partial charge in [0.1, 0.15) is 17.5 Å². The van der Waals surface area contributed by atoms with Crippen molar-refractivity contribution in [3.05, 3.63) is 60.8 Å². The summed E-state index contributed by atoms with van der Waals surface area (Å²) in [7, 11) is 0. The lowest BCUT2D eigenvalue weighted by Gasteiger charge is -2.34. The van der Waals surface area contributed by atoms with Gasteiger partial charge in [-0.3, -0.25) is 19.6 Å². The highest BCUT2D eigenvalue weighted by Gasteiger charge is 2.29. The van der Waals surface area contributed by atoms with Gasteiger partial charge in [-0.15, -0.1) is 0 Å². The van der Waals surface area contributed by atoms with Gasteiger partial charge in [0.15, 0.2) is 0 Å². The lowest BCUT2D eigenvalue weighted by atomic mass is 10.1. The summed E-state index contributed by atoms with van der Waals surface area (Å²) in [6, 6.07) is 5.15. The Hall–Kier alpha value is -2.94. The lowest BCUT2D eigenvalue weighted by molar-refractivity contribution is 0.0961. The Labute approximate surface area is 161 Å². The number of H-pyrrole nitrogens is 2. The molecule has 0 bridgehead atoms. The number of benzene rings is 1. The van der Waals surface area contributed by atoms with Crippen LogP contribution in [0.3, 0.4) is 0 Å². The van der Waals surface area contributed by atoms with Crippen molar-refractivity contribution in [2.24, 2.45) is 0 Å². The fraction of sp³-hybridized carbons (Fsp3) is 0.222. The minimum absolute atomic E-state index is 0.134. The third-order valence-corrected chi connectivity index (χ3v) is 5.24. The molecule has 1 aliphatic rings. The number of carbonyl (C=O) groups excluding carboxylic acids is 1. The molecule has 8 nitrogen and oxygen atoms in total. The number of ether oxygens (including phenoxy) is 1. The normalized spacial score (nSPS) is 16.1. The van der Waals surface area contributed by atoms with E-state index < -0.39 is 11.2 Å². The zero-order chi connectivity index (χ0) is 19.3. The molecule has 4 rings (SSSR count). The molecule has 3 aromatic rings. The van der Waals surface area contributed by atoms with Crippen molar-refractivity contribution in [2.75, 3.05) is 11.4 Å². The van der Waals surface area contributed by atoms with Crippen LogP contribution in [-0.2, 0) is 0 Å². The van der Waals surface area contributed by atoms with Crippen LogP contribution in [0.5, 0.6) is 5.75 Å². The van der Waals surface area contributed by atoms with E-state index in [0.717, 1.165) is 10.0 Å². The molecule has 138 valence electrons. The zero-order valence-electron chi connectivity index (χ0n) is 14.5. The molecule has 0 spiro atoms. The number of hydrogen-bond donors (Lipinski definition) is 2. The molecule has 0 fully saturated rings. The average Bonchev–Trinajstić information content (AvgIpc) is 2.61. The quantitative estimate of drug-likeness (QED) is 0.614. The van der Waals surface area contributed by atoms with Crippen molar-refractivity contribution in [3.8, 4) is 5.75 Å². The summed E-state index contributed by atoms with van der Waals surface area (Å²) in [5, 5.41) is 0.145. The summed E-state index contributed by atoms with van der Waals surface area (Å²) in [5.74, 6) is 0.320. The number of halogens is 1.